The van der Waals surface area contributed by atoms with E-state index < -0.39 is 17.4 Å². The average molecular weight is 234 g/mol. The Morgan fingerprint density at radius 3 is 2.53 bits per heavy atom. The molecule has 0 saturated heterocycles. The van der Waals surface area contributed by atoms with Gasteiger partial charge in [0.05, 0.1) is 0 Å². The smallest absolute Gasteiger partial charge is 0.172 e. The van der Waals surface area contributed by atoms with Crippen molar-refractivity contribution in [3.05, 3.63) is 53.6 Å². The average Bonchev–Trinajstić information content (AvgIpc) is 2.34. The Hall–Kier alpha value is -2.23. The van der Waals surface area contributed by atoms with E-state index in [1.54, 1.807) is 0 Å². The largest absolute Gasteiger partial charge is 0.505 e. The Bertz CT molecular complexity index is 580. The molecule has 0 radical (unpaired) electrons. The number of hydrogen-bond acceptors (Lipinski definition) is 2. The highest BCUT2D eigenvalue weighted by molar-refractivity contribution is 5.79. The Labute approximate surface area is 96.1 Å². The molecule has 0 fully saturated rings. The second-order valence-corrected chi connectivity index (χ2v) is 3.50. The van der Waals surface area contributed by atoms with E-state index in [4.69, 9.17) is 0 Å². The zero-order chi connectivity index (χ0) is 12.4. The first kappa shape index (κ1) is 11.3. The van der Waals surface area contributed by atoms with Gasteiger partial charge >= 0.3 is 0 Å². The molecule has 0 aliphatic heterocycles. The number of hydrogen-bond donors (Lipinski definition) is 1. The third kappa shape index (κ3) is 2.01. The summed E-state index contributed by atoms with van der Waals surface area (Å²) in [5, 5.41) is 9.21. The van der Waals surface area contributed by atoms with E-state index in [2.05, 4.69) is 0 Å². The maximum absolute atomic E-state index is 13.6. The summed E-state index contributed by atoms with van der Waals surface area (Å²) in [6, 6.07) is 7.53. The minimum atomic E-state index is -0.908. The molecule has 0 atom stereocenters. The van der Waals surface area contributed by atoms with Crippen LogP contribution in [0.25, 0.3) is 11.1 Å². The third-order valence-electron chi connectivity index (χ3n) is 2.40. The van der Waals surface area contributed by atoms with E-state index in [9.17, 15) is 18.7 Å². The highest BCUT2D eigenvalue weighted by Gasteiger charge is 2.13. The van der Waals surface area contributed by atoms with Crippen LogP contribution >= 0.6 is 0 Å². The van der Waals surface area contributed by atoms with Crippen molar-refractivity contribution in [1.29, 1.82) is 0 Å². The predicted octanol–water partition coefficient (Wildman–Crippen LogP) is 3.15. The Kier molecular flexibility index (Phi) is 2.87. The number of phenols is 1. The SMILES string of the molecule is O=Cc1ccc(F)c(-c2cccc(O)c2F)c1. The highest BCUT2D eigenvalue weighted by Crippen LogP contribution is 2.30. The first-order valence-corrected chi connectivity index (χ1v) is 4.86. The van der Waals surface area contributed by atoms with Gasteiger partial charge in [-0.05, 0) is 24.3 Å². The van der Waals surface area contributed by atoms with Gasteiger partial charge in [-0.1, -0.05) is 12.1 Å². The molecule has 1 N–H and O–H groups in total. The molecule has 2 rings (SSSR count). The van der Waals surface area contributed by atoms with Gasteiger partial charge in [-0.25, -0.2) is 8.78 Å². The monoisotopic (exact) mass is 234 g/mol. The Balaban J connectivity index is 2.67. The second-order valence-electron chi connectivity index (χ2n) is 3.50. The van der Waals surface area contributed by atoms with Gasteiger partial charge in [0.1, 0.15) is 12.1 Å². The van der Waals surface area contributed by atoms with E-state index in [1.165, 1.54) is 30.3 Å². The van der Waals surface area contributed by atoms with Crippen LogP contribution in [0.3, 0.4) is 0 Å². The second kappa shape index (κ2) is 4.33. The van der Waals surface area contributed by atoms with E-state index in [-0.39, 0.29) is 16.7 Å². The molecule has 0 aliphatic carbocycles. The molecule has 4 heteroatoms. The molecule has 0 heterocycles. The number of benzene rings is 2. The number of aromatic hydroxyl groups is 1. The molecule has 2 nitrogen and oxygen atoms in total. The molecule has 0 amide bonds. The van der Waals surface area contributed by atoms with Crippen molar-refractivity contribution >= 4 is 6.29 Å². The van der Waals surface area contributed by atoms with Crippen molar-refractivity contribution in [1.82, 2.24) is 0 Å². The fourth-order valence-corrected chi connectivity index (χ4v) is 1.55. The van der Waals surface area contributed by atoms with Crippen LogP contribution in [0.15, 0.2) is 36.4 Å². The van der Waals surface area contributed by atoms with Gasteiger partial charge in [0.25, 0.3) is 0 Å². The van der Waals surface area contributed by atoms with E-state index in [0.29, 0.717) is 6.29 Å². The van der Waals surface area contributed by atoms with Crippen LogP contribution in [0.2, 0.25) is 0 Å². The summed E-state index contributed by atoms with van der Waals surface area (Å²) in [4.78, 5) is 10.6. The maximum atomic E-state index is 13.6. The molecule has 0 aromatic heterocycles. The van der Waals surface area contributed by atoms with E-state index in [0.717, 1.165) is 6.07 Å². The highest BCUT2D eigenvalue weighted by atomic mass is 19.1. The molecule has 0 aliphatic rings. The van der Waals surface area contributed by atoms with Crippen molar-refractivity contribution in [3.63, 3.8) is 0 Å². The van der Waals surface area contributed by atoms with Crippen molar-refractivity contribution < 1.29 is 18.7 Å². The van der Waals surface area contributed by atoms with Gasteiger partial charge < -0.3 is 5.11 Å². The first-order valence-electron chi connectivity index (χ1n) is 4.86. The normalized spacial score (nSPS) is 10.2. The van der Waals surface area contributed by atoms with Gasteiger partial charge in [-0.2, -0.15) is 0 Å². The van der Waals surface area contributed by atoms with Crippen LogP contribution in [0.5, 0.6) is 5.75 Å². The van der Waals surface area contributed by atoms with Crippen LogP contribution in [-0.2, 0) is 0 Å². The maximum Gasteiger partial charge on any atom is 0.172 e. The number of carbonyl (C=O) groups excluding carboxylic acids is 1. The lowest BCUT2D eigenvalue weighted by Gasteiger charge is -2.06. The van der Waals surface area contributed by atoms with Gasteiger partial charge in [-0.3, -0.25) is 4.79 Å². The first-order chi connectivity index (χ1) is 8.13. The fraction of sp³-hybridized carbons (Fsp3) is 0. The molecular formula is C13H8F2O2. The van der Waals surface area contributed by atoms with Crippen molar-refractivity contribution in [2.24, 2.45) is 0 Å². The fourth-order valence-electron chi connectivity index (χ4n) is 1.55. The third-order valence-corrected chi connectivity index (χ3v) is 2.40. The zero-order valence-corrected chi connectivity index (χ0v) is 8.65. The minimum absolute atomic E-state index is 0.0528. The molecule has 0 saturated carbocycles. The minimum Gasteiger partial charge on any atom is -0.505 e. The van der Waals surface area contributed by atoms with Crippen LogP contribution < -0.4 is 0 Å². The van der Waals surface area contributed by atoms with Gasteiger partial charge in [-0.15, -0.1) is 0 Å². The van der Waals surface area contributed by atoms with Crippen LogP contribution in [0.4, 0.5) is 8.78 Å². The molecule has 0 unspecified atom stereocenters. The summed E-state index contributed by atoms with van der Waals surface area (Å²) in [5.41, 5.74) is 0.110. The van der Waals surface area contributed by atoms with Crippen LogP contribution in [0.1, 0.15) is 10.4 Å². The number of halogens is 2. The van der Waals surface area contributed by atoms with Crippen LogP contribution in [0, 0.1) is 11.6 Å². The topological polar surface area (TPSA) is 37.3 Å². The Morgan fingerprint density at radius 2 is 1.82 bits per heavy atom. The molecule has 86 valence electrons. The molecule has 2 aromatic rings. The standard InChI is InChI=1S/C13H8F2O2/c14-11-5-4-8(7-16)6-10(11)9-2-1-3-12(17)13(9)15/h1-7,17H. The quantitative estimate of drug-likeness (QED) is 0.810. The van der Waals surface area contributed by atoms with Crippen molar-refractivity contribution in [2.75, 3.05) is 0 Å². The Morgan fingerprint density at radius 1 is 1.06 bits per heavy atom. The van der Waals surface area contributed by atoms with Gasteiger partial charge in [0.2, 0.25) is 0 Å². The summed E-state index contributed by atoms with van der Waals surface area (Å²) in [7, 11) is 0. The van der Waals surface area contributed by atoms with E-state index >= 15 is 0 Å². The number of carbonyl (C=O) groups is 1. The van der Waals surface area contributed by atoms with Crippen molar-refractivity contribution in [3.8, 4) is 16.9 Å². The summed E-state index contributed by atoms with van der Waals surface area (Å²) in [6.07, 6.45) is 0.545. The number of rotatable bonds is 2. The van der Waals surface area contributed by atoms with Crippen molar-refractivity contribution in [2.45, 2.75) is 0 Å². The summed E-state index contributed by atoms with van der Waals surface area (Å²) >= 11 is 0. The summed E-state index contributed by atoms with van der Waals surface area (Å²) in [6.45, 7) is 0. The lowest BCUT2D eigenvalue weighted by molar-refractivity contribution is 0.112. The van der Waals surface area contributed by atoms with Gasteiger partial charge in [0, 0.05) is 16.7 Å². The zero-order valence-electron chi connectivity index (χ0n) is 8.65. The lowest BCUT2D eigenvalue weighted by Crippen LogP contribution is -1.91. The van der Waals surface area contributed by atoms with Gasteiger partial charge in [0.15, 0.2) is 11.6 Å². The van der Waals surface area contributed by atoms with Crippen LogP contribution in [-0.4, -0.2) is 11.4 Å². The lowest BCUT2D eigenvalue weighted by atomic mass is 10.0. The molecular weight excluding hydrogens is 226 g/mol. The molecule has 17 heavy (non-hydrogen) atoms. The number of phenolic OH excluding ortho intramolecular Hbond substituents is 1. The molecule has 2 aromatic carbocycles. The summed E-state index contributed by atoms with van der Waals surface area (Å²) < 4.78 is 27.1. The molecule has 0 spiro atoms. The summed E-state index contributed by atoms with van der Waals surface area (Å²) in [5.74, 6) is -2.12. The predicted molar refractivity (Wildman–Crippen MR) is 58.8 cm³/mol. The van der Waals surface area contributed by atoms with E-state index in [1.807, 2.05) is 0 Å². The number of aldehydes is 1. The molecule has 0 bridgehead atoms.